The maximum atomic E-state index is 7.51. The van der Waals surface area contributed by atoms with E-state index < -0.39 is 0 Å². The minimum absolute atomic E-state index is 0.567. The summed E-state index contributed by atoms with van der Waals surface area (Å²) in [6.07, 6.45) is 5.55. The summed E-state index contributed by atoms with van der Waals surface area (Å²) in [5, 5.41) is 9.07. The van der Waals surface area contributed by atoms with Crippen LogP contribution in [0.2, 0.25) is 0 Å². The molecule has 1 heterocycles. The highest BCUT2D eigenvalue weighted by Crippen LogP contribution is 2.33. The zero-order valence-corrected chi connectivity index (χ0v) is 6.56. The van der Waals surface area contributed by atoms with Crippen molar-refractivity contribution in [3.8, 4) is 0 Å². The van der Waals surface area contributed by atoms with Crippen LogP contribution < -0.4 is 5.84 Å². The van der Waals surface area contributed by atoms with Gasteiger partial charge in [-0.25, -0.2) is 5.84 Å². The average Bonchev–Trinajstić information content (AvgIpc) is 2.30. The lowest BCUT2D eigenvalue weighted by molar-refractivity contribution is 0.495. The molecular formula is C8H13N3. The van der Waals surface area contributed by atoms with Crippen LogP contribution in [0.1, 0.15) is 32.1 Å². The van der Waals surface area contributed by atoms with Gasteiger partial charge in [0.2, 0.25) is 0 Å². The van der Waals surface area contributed by atoms with Gasteiger partial charge in [0.05, 0.1) is 0 Å². The Morgan fingerprint density at radius 2 is 2.00 bits per heavy atom. The molecule has 0 fully saturated rings. The molecule has 0 bridgehead atoms. The van der Waals surface area contributed by atoms with Crippen LogP contribution in [0.25, 0.3) is 0 Å². The summed E-state index contributed by atoms with van der Waals surface area (Å²) in [6, 6.07) is 0. The van der Waals surface area contributed by atoms with Crippen molar-refractivity contribution in [1.29, 1.82) is 5.41 Å². The number of hydrogen-bond donors (Lipinski definition) is 2. The summed E-state index contributed by atoms with van der Waals surface area (Å²) in [6.45, 7) is 0. The number of hydrogen-bond acceptors (Lipinski definition) is 2. The van der Waals surface area contributed by atoms with Crippen LogP contribution in [0.15, 0.2) is 11.3 Å². The van der Waals surface area contributed by atoms with E-state index in [4.69, 9.17) is 11.3 Å². The highest BCUT2D eigenvalue weighted by molar-refractivity contribution is 5.86. The van der Waals surface area contributed by atoms with E-state index in [1.54, 1.807) is 5.01 Å². The van der Waals surface area contributed by atoms with Crippen molar-refractivity contribution in [2.75, 3.05) is 0 Å². The van der Waals surface area contributed by atoms with Gasteiger partial charge in [0.1, 0.15) is 5.84 Å². The van der Waals surface area contributed by atoms with E-state index in [1.807, 2.05) is 0 Å². The summed E-state index contributed by atoms with van der Waals surface area (Å²) in [4.78, 5) is 0. The van der Waals surface area contributed by atoms with Crippen molar-refractivity contribution < 1.29 is 0 Å². The first-order valence-electron chi connectivity index (χ1n) is 4.12. The van der Waals surface area contributed by atoms with Gasteiger partial charge in [-0.1, -0.05) is 0 Å². The predicted molar refractivity (Wildman–Crippen MR) is 43.9 cm³/mol. The molecule has 0 saturated carbocycles. The van der Waals surface area contributed by atoms with Crippen LogP contribution in [0, 0.1) is 5.41 Å². The molecule has 3 N–H and O–H groups in total. The monoisotopic (exact) mass is 151 g/mol. The van der Waals surface area contributed by atoms with E-state index in [-0.39, 0.29) is 0 Å². The van der Waals surface area contributed by atoms with E-state index in [9.17, 15) is 0 Å². The van der Waals surface area contributed by atoms with Crippen molar-refractivity contribution in [1.82, 2.24) is 5.01 Å². The number of rotatable bonds is 0. The molecule has 0 radical (unpaired) electrons. The minimum Gasteiger partial charge on any atom is -0.287 e. The molecule has 0 amide bonds. The van der Waals surface area contributed by atoms with Crippen molar-refractivity contribution >= 4 is 5.84 Å². The molecule has 0 aromatic heterocycles. The van der Waals surface area contributed by atoms with E-state index in [0.29, 0.717) is 5.84 Å². The lowest BCUT2D eigenvalue weighted by Gasteiger charge is -2.18. The van der Waals surface area contributed by atoms with Gasteiger partial charge >= 0.3 is 0 Å². The van der Waals surface area contributed by atoms with Gasteiger partial charge in [-0.05, 0) is 31.3 Å². The summed E-state index contributed by atoms with van der Waals surface area (Å²) < 4.78 is 0. The molecule has 0 aromatic carbocycles. The summed E-state index contributed by atoms with van der Waals surface area (Å²) in [7, 11) is 0. The third-order valence-corrected chi connectivity index (χ3v) is 2.51. The Hall–Kier alpha value is -0.830. The second kappa shape index (κ2) is 2.34. The molecule has 0 spiro atoms. The van der Waals surface area contributed by atoms with E-state index in [2.05, 4.69) is 0 Å². The zero-order valence-electron chi connectivity index (χ0n) is 6.56. The van der Waals surface area contributed by atoms with Crippen LogP contribution in [0.5, 0.6) is 0 Å². The molecular weight excluding hydrogens is 138 g/mol. The van der Waals surface area contributed by atoms with Crippen LogP contribution in [-0.4, -0.2) is 10.8 Å². The molecule has 0 saturated heterocycles. The first-order valence-corrected chi connectivity index (χ1v) is 4.12. The van der Waals surface area contributed by atoms with E-state index >= 15 is 0 Å². The fraction of sp³-hybridized carbons (Fsp3) is 0.625. The molecule has 0 atom stereocenters. The summed E-state index contributed by atoms with van der Waals surface area (Å²) in [5.74, 6) is 6.25. The second-order valence-electron chi connectivity index (χ2n) is 3.25. The predicted octanol–water partition coefficient (Wildman–Crippen LogP) is 1.37. The maximum absolute atomic E-state index is 7.51. The van der Waals surface area contributed by atoms with Gasteiger partial charge < -0.3 is 0 Å². The molecule has 0 aromatic rings. The number of amidine groups is 1. The smallest absolute Gasteiger partial charge is 0.119 e. The molecule has 3 heteroatoms. The number of hydrazine groups is 1. The van der Waals surface area contributed by atoms with Crippen LogP contribution >= 0.6 is 0 Å². The fourth-order valence-electron chi connectivity index (χ4n) is 1.88. The third-order valence-electron chi connectivity index (χ3n) is 2.51. The quantitative estimate of drug-likeness (QED) is 0.514. The van der Waals surface area contributed by atoms with Crippen LogP contribution in [0.3, 0.4) is 0 Å². The lowest BCUT2D eigenvalue weighted by Crippen LogP contribution is -2.31. The van der Waals surface area contributed by atoms with Crippen LogP contribution in [-0.2, 0) is 0 Å². The Morgan fingerprint density at radius 1 is 1.27 bits per heavy atom. The molecule has 2 rings (SSSR count). The van der Waals surface area contributed by atoms with Gasteiger partial charge in [0.25, 0.3) is 0 Å². The summed E-state index contributed by atoms with van der Waals surface area (Å²) in [5.41, 5.74) is 2.63. The molecule has 60 valence electrons. The number of nitrogens with zero attached hydrogens (tertiary/aromatic N) is 1. The molecule has 3 nitrogen and oxygen atoms in total. The average molecular weight is 151 g/mol. The third kappa shape index (κ3) is 0.959. The van der Waals surface area contributed by atoms with E-state index in [1.165, 1.54) is 24.1 Å². The minimum atomic E-state index is 0.567. The van der Waals surface area contributed by atoms with Gasteiger partial charge in [0.15, 0.2) is 0 Å². The number of nitrogens with two attached hydrogens (primary N) is 1. The van der Waals surface area contributed by atoms with Crippen LogP contribution in [0.4, 0.5) is 0 Å². The first kappa shape index (κ1) is 6.85. The Bertz CT molecular complexity index is 229. The standard InChI is InChI=1S/C8H13N3/c9-8-5-6-3-1-2-4-7(6)11(8)10/h9H,1-5,10H2. The molecule has 1 aliphatic carbocycles. The second-order valence-corrected chi connectivity index (χ2v) is 3.25. The molecule has 2 aliphatic rings. The number of nitrogens with one attached hydrogen (secondary N) is 1. The molecule has 11 heavy (non-hydrogen) atoms. The topological polar surface area (TPSA) is 53.1 Å². The highest BCUT2D eigenvalue weighted by atomic mass is 15.4. The largest absolute Gasteiger partial charge is 0.287 e. The zero-order chi connectivity index (χ0) is 7.84. The maximum Gasteiger partial charge on any atom is 0.119 e. The molecule has 0 unspecified atom stereocenters. The van der Waals surface area contributed by atoms with Crippen molar-refractivity contribution in [3.63, 3.8) is 0 Å². The SMILES string of the molecule is N=C1CC2=C(CCCC2)N1N. The first-order chi connectivity index (χ1) is 5.29. The Balaban J connectivity index is 2.27. The van der Waals surface area contributed by atoms with Crippen molar-refractivity contribution in [3.05, 3.63) is 11.3 Å². The Labute approximate surface area is 66.3 Å². The van der Waals surface area contributed by atoms with E-state index in [0.717, 1.165) is 19.3 Å². The highest BCUT2D eigenvalue weighted by Gasteiger charge is 2.26. The van der Waals surface area contributed by atoms with Gasteiger partial charge in [0, 0.05) is 12.1 Å². The van der Waals surface area contributed by atoms with Gasteiger partial charge in [-0.2, -0.15) is 0 Å². The lowest BCUT2D eigenvalue weighted by atomic mass is 9.97. The number of allylic oxidation sites excluding steroid dienone is 1. The molecule has 1 aliphatic heterocycles. The Kier molecular flexibility index (Phi) is 1.46. The van der Waals surface area contributed by atoms with Crippen molar-refractivity contribution in [2.24, 2.45) is 5.84 Å². The summed E-state index contributed by atoms with van der Waals surface area (Å²) >= 11 is 0. The Morgan fingerprint density at radius 3 is 2.73 bits per heavy atom. The van der Waals surface area contributed by atoms with Gasteiger partial charge in [-0.15, -0.1) is 0 Å². The van der Waals surface area contributed by atoms with Gasteiger partial charge in [-0.3, -0.25) is 10.4 Å². The fourth-order valence-corrected chi connectivity index (χ4v) is 1.88. The normalized spacial score (nSPS) is 24.5. The van der Waals surface area contributed by atoms with Crippen molar-refractivity contribution in [2.45, 2.75) is 32.1 Å².